The molecule has 1 N–H and O–H groups in total. The van der Waals surface area contributed by atoms with E-state index in [2.05, 4.69) is 27.1 Å². The molecular formula is C14H22N4O. The number of hydrogen-bond acceptors (Lipinski definition) is 5. The molecule has 0 bridgehead atoms. The quantitative estimate of drug-likeness (QED) is 0.862. The number of nitrogens with zero attached hydrogens (tertiary/aromatic N) is 3. The molecule has 0 aromatic carbocycles. The summed E-state index contributed by atoms with van der Waals surface area (Å²) in [5, 5.41) is 3.47. The lowest BCUT2D eigenvalue weighted by Gasteiger charge is -2.31. The Hall–Kier alpha value is -1.04. The average molecular weight is 262 g/mol. The highest BCUT2D eigenvalue weighted by atomic mass is 16.5. The predicted molar refractivity (Wildman–Crippen MR) is 72.7 cm³/mol. The first kappa shape index (κ1) is 13.0. The van der Waals surface area contributed by atoms with E-state index < -0.39 is 0 Å². The molecule has 2 fully saturated rings. The summed E-state index contributed by atoms with van der Waals surface area (Å²) in [4.78, 5) is 11.3. The molecule has 1 aromatic heterocycles. The van der Waals surface area contributed by atoms with Crippen LogP contribution in [0, 0.1) is 0 Å². The molecule has 0 amide bonds. The van der Waals surface area contributed by atoms with Crippen LogP contribution in [0.15, 0.2) is 12.4 Å². The van der Waals surface area contributed by atoms with Crippen molar-refractivity contribution in [3.63, 3.8) is 0 Å². The van der Waals surface area contributed by atoms with Gasteiger partial charge in [0.2, 0.25) is 0 Å². The highest BCUT2D eigenvalue weighted by molar-refractivity contribution is 5.07. The molecule has 1 atom stereocenters. The van der Waals surface area contributed by atoms with E-state index >= 15 is 0 Å². The molecule has 104 valence electrons. The van der Waals surface area contributed by atoms with Crippen LogP contribution in [0.4, 0.5) is 0 Å². The third-order valence-corrected chi connectivity index (χ3v) is 3.78. The lowest BCUT2D eigenvalue weighted by molar-refractivity contribution is -0.0326. The Morgan fingerprint density at radius 1 is 1.37 bits per heavy atom. The Balaban J connectivity index is 1.57. The number of nitrogens with one attached hydrogen (secondary N) is 1. The van der Waals surface area contributed by atoms with Gasteiger partial charge >= 0.3 is 0 Å². The van der Waals surface area contributed by atoms with Gasteiger partial charge in [-0.1, -0.05) is 6.92 Å². The molecule has 5 heteroatoms. The number of rotatable bonds is 5. The van der Waals surface area contributed by atoms with Crippen LogP contribution < -0.4 is 5.32 Å². The summed E-state index contributed by atoms with van der Waals surface area (Å²) in [5.41, 5.74) is 1.15. The molecule has 2 aliphatic rings. The van der Waals surface area contributed by atoms with Crippen LogP contribution in [-0.4, -0.2) is 47.2 Å². The number of morpholine rings is 1. The zero-order valence-electron chi connectivity index (χ0n) is 11.5. The van der Waals surface area contributed by atoms with Crippen molar-refractivity contribution in [3.8, 4) is 0 Å². The van der Waals surface area contributed by atoms with Crippen molar-refractivity contribution in [1.29, 1.82) is 0 Å². The second kappa shape index (κ2) is 5.94. The second-order valence-electron chi connectivity index (χ2n) is 5.36. The Bertz CT molecular complexity index is 404. The summed E-state index contributed by atoms with van der Waals surface area (Å²) in [6.07, 6.45) is 6.49. The van der Waals surface area contributed by atoms with Crippen LogP contribution in [0.3, 0.4) is 0 Å². The SMILES string of the molecule is CCN1CCOC(c2ncc(CNC3CC3)cn2)C1. The van der Waals surface area contributed by atoms with Crippen LogP contribution in [0.1, 0.15) is 37.3 Å². The van der Waals surface area contributed by atoms with Gasteiger partial charge in [0, 0.05) is 43.6 Å². The van der Waals surface area contributed by atoms with Gasteiger partial charge in [-0.05, 0) is 19.4 Å². The minimum Gasteiger partial charge on any atom is -0.368 e. The Morgan fingerprint density at radius 3 is 2.84 bits per heavy atom. The van der Waals surface area contributed by atoms with Crippen LogP contribution in [0.5, 0.6) is 0 Å². The summed E-state index contributed by atoms with van der Waals surface area (Å²) < 4.78 is 5.76. The highest BCUT2D eigenvalue weighted by Gasteiger charge is 2.23. The van der Waals surface area contributed by atoms with E-state index in [9.17, 15) is 0 Å². The van der Waals surface area contributed by atoms with E-state index in [0.717, 1.165) is 50.2 Å². The van der Waals surface area contributed by atoms with Crippen molar-refractivity contribution in [2.24, 2.45) is 0 Å². The normalized spacial score (nSPS) is 24.6. The number of aromatic nitrogens is 2. The van der Waals surface area contributed by atoms with Crippen molar-refractivity contribution >= 4 is 0 Å². The molecule has 1 saturated heterocycles. The second-order valence-corrected chi connectivity index (χ2v) is 5.36. The maximum absolute atomic E-state index is 5.76. The van der Waals surface area contributed by atoms with E-state index in [4.69, 9.17) is 4.74 Å². The Labute approximate surface area is 114 Å². The number of hydrogen-bond donors (Lipinski definition) is 1. The predicted octanol–water partition coefficient (Wildman–Crippen LogP) is 1.12. The number of likely N-dealkylation sites (N-methyl/N-ethyl adjacent to an activating group) is 1. The molecular weight excluding hydrogens is 240 g/mol. The molecule has 0 spiro atoms. The van der Waals surface area contributed by atoms with Gasteiger partial charge in [-0.25, -0.2) is 9.97 Å². The third-order valence-electron chi connectivity index (χ3n) is 3.78. The van der Waals surface area contributed by atoms with Gasteiger partial charge in [0.15, 0.2) is 5.82 Å². The topological polar surface area (TPSA) is 50.3 Å². The van der Waals surface area contributed by atoms with Gasteiger partial charge in [-0.15, -0.1) is 0 Å². The molecule has 3 rings (SSSR count). The summed E-state index contributed by atoms with van der Waals surface area (Å²) >= 11 is 0. The van der Waals surface area contributed by atoms with Gasteiger partial charge in [0.1, 0.15) is 6.10 Å². The molecule has 1 aliphatic carbocycles. The molecule has 19 heavy (non-hydrogen) atoms. The molecule has 5 nitrogen and oxygen atoms in total. The van der Waals surface area contributed by atoms with Crippen LogP contribution in [0.25, 0.3) is 0 Å². The van der Waals surface area contributed by atoms with Gasteiger partial charge in [-0.3, -0.25) is 4.90 Å². The highest BCUT2D eigenvalue weighted by Crippen LogP contribution is 2.20. The fourth-order valence-corrected chi connectivity index (χ4v) is 2.32. The first-order chi connectivity index (χ1) is 9.35. The monoisotopic (exact) mass is 262 g/mol. The minimum absolute atomic E-state index is 0.0270. The van der Waals surface area contributed by atoms with Gasteiger partial charge < -0.3 is 10.1 Å². The Kier molecular flexibility index (Phi) is 4.06. The van der Waals surface area contributed by atoms with Gasteiger partial charge in [0.05, 0.1) is 6.61 Å². The molecule has 0 radical (unpaired) electrons. The molecule has 1 aliphatic heterocycles. The largest absolute Gasteiger partial charge is 0.368 e. The smallest absolute Gasteiger partial charge is 0.158 e. The first-order valence-corrected chi connectivity index (χ1v) is 7.23. The van der Waals surface area contributed by atoms with Crippen molar-refractivity contribution in [1.82, 2.24) is 20.2 Å². The zero-order chi connectivity index (χ0) is 13.1. The van der Waals surface area contributed by atoms with Crippen LogP contribution in [0.2, 0.25) is 0 Å². The number of ether oxygens (including phenoxy) is 1. The van der Waals surface area contributed by atoms with Gasteiger partial charge in [0.25, 0.3) is 0 Å². The van der Waals surface area contributed by atoms with E-state index in [1.54, 1.807) is 0 Å². The lowest BCUT2D eigenvalue weighted by atomic mass is 10.2. The van der Waals surface area contributed by atoms with E-state index in [-0.39, 0.29) is 6.10 Å². The maximum Gasteiger partial charge on any atom is 0.158 e. The maximum atomic E-state index is 5.76. The van der Waals surface area contributed by atoms with E-state index in [0.29, 0.717) is 0 Å². The molecule has 2 heterocycles. The fourth-order valence-electron chi connectivity index (χ4n) is 2.32. The van der Waals surface area contributed by atoms with Gasteiger partial charge in [-0.2, -0.15) is 0 Å². The lowest BCUT2D eigenvalue weighted by Crippen LogP contribution is -2.38. The van der Waals surface area contributed by atoms with Crippen LogP contribution >= 0.6 is 0 Å². The van der Waals surface area contributed by atoms with E-state index in [1.807, 2.05) is 12.4 Å². The zero-order valence-corrected chi connectivity index (χ0v) is 11.5. The molecule has 1 saturated carbocycles. The summed E-state index contributed by atoms with van der Waals surface area (Å²) in [6.45, 7) is 6.79. The standard InChI is InChI=1S/C14H22N4O/c1-2-18-5-6-19-13(10-18)14-16-8-11(9-17-14)7-15-12-3-4-12/h8-9,12-13,15H,2-7,10H2,1H3. The van der Waals surface area contributed by atoms with E-state index in [1.165, 1.54) is 12.8 Å². The first-order valence-electron chi connectivity index (χ1n) is 7.23. The van der Waals surface area contributed by atoms with Crippen molar-refractivity contribution in [3.05, 3.63) is 23.8 Å². The van der Waals surface area contributed by atoms with Crippen molar-refractivity contribution in [2.75, 3.05) is 26.2 Å². The minimum atomic E-state index is 0.0270. The third kappa shape index (κ3) is 3.49. The summed E-state index contributed by atoms with van der Waals surface area (Å²) in [7, 11) is 0. The average Bonchev–Trinajstić information content (AvgIpc) is 3.30. The summed E-state index contributed by atoms with van der Waals surface area (Å²) in [5.74, 6) is 0.813. The molecule has 1 aromatic rings. The summed E-state index contributed by atoms with van der Waals surface area (Å²) in [6, 6.07) is 0.722. The fraction of sp³-hybridized carbons (Fsp3) is 0.714. The van der Waals surface area contributed by atoms with Crippen molar-refractivity contribution < 1.29 is 4.74 Å². The van der Waals surface area contributed by atoms with Crippen LogP contribution in [-0.2, 0) is 11.3 Å². The molecule has 1 unspecified atom stereocenters. The Morgan fingerprint density at radius 2 is 2.16 bits per heavy atom. The van der Waals surface area contributed by atoms with Crippen molar-refractivity contribution in [2.45, 2.75) is 38.5 Å².